The summed E-state index contributed by atoms with van der Waals surface area (Å²) in [7, 11) is 3.57. The van der Waals surface area contributed by atoms with Crippen molar-refractivity contribution in [3.05, 3.63) is 71.1 Å². The molecule has 218 valence electrons. The van der Waals surface area contributed by atoms with E-state index in [0.29, 0.717) is 24.5 Å². The first-order valence-electron chi connectivity index (χ1n) is 13.4. The van der Waals surface area contributed by atoms with Gasteiger partial charge in [-0.05, 0) is 36.6 Å². The minimum atomic E-state index is -0.733. The Morgan fingerprint density at radius 3 is 2.59 bits per heavy atom. The molecule has 2 aromatic carbocycles. The summed E-state index contributed by atoms with van der Waals surface area (Å²) in [5.41, 5.74) is 0.425. The number of piperazine rings is 1. The average Bonchev–Trinajstić information content (AvgIpc) is 2.97. The molecule has 1 fully saturated rings. The number of hydrogen-bond acceptors (Lipinski definition) is 6. The van der Waals surface area contributed by atoms with Gasteiger partial charge in [-0.1, -0.05) is 48.0 Å². The van der Waals surface area contributed by atoms with Crippen molar-refractivity contribution < 1.29 is 23.5 Å². The maximum absolute atomic E-state index is 13.8. The summed E-state index contributed by atoms with van der Waals surface area (Å²) in [6.45, 7) is 2.73. The number of hydrogen-bond donors (Lipinski definition) is 2. The minimum absolute atomic E-state index is 0.00168. The van der Waals surface area contributed by atoms with Gasteiger partial charge in [-0.15, -0.1) is 0 Å². The van der Waals surface area contributed by atoms with E-state index in [1.165, 1.54) is 17.0 Å². The second kappa shape index (κ2) is 14.1. The molecule has 4 rings (SSSR count). The van der Waals surface area contributed by atoms with Gasteiger partial charge in [-0.25, -0.2) is 19.0 Å². The van der Waals surface area contributed by atoms with Gasteiger partial charge in [0.25, 0.3) is 0 Å². The van der Waals surface area contributed by atoms with Crippen molar-refractivity contribution in [2.75, 3.05) is 52.2 Å². The highest BCUT2D eigenvalue weighted by Crippen LogP contribution is 2.20. The number of pyridine rings is 1. The number of amides is 4. The summed E-state index contributed by atoms with van der Waals surface area (Å²) in [4.78, 5) is 48.1. The van der Waals surface area contributed by atoms with E-state index in [0.717, 1.165) is 23.9 Å². The maximum atomic E-state index is 13.8. The number of fused-ring (bicyclic) bond motifs is 1. The third kappa shape index (κ3) is 8.27. The van der Waals surface area contributed by atoms with Crippen LogP contribution < -0.4 is 10.6 Å². The number of rotatable bonds is 9. The Kier molecular flexibility index (Phi) is 10.3. The Bertz CT molecular complexity index is 1380. The highest BCUT2D eigenvalue weighted by molar-refractivity contribution is 6.31. The van der Waals surface area contributed by atoms with E-state index in [4.69, 9.17) is 16.3 Å². The van der Waals surface area contributed by atoms with Crippen LogP contribution in [0, 0.1) is 5.82 Å². The number of benzene rings is 2. The van der Waals surface area contributed by atoms with Gasteiger partial charge in [-0.2, -0.15) is 0 Å². The van der Waals surface area contributed by atoms with Gasteiger partial charge in [0, 0.05) is 57.8 Å². The number of urea groups is 1. The van der Waals surface area contributed by atoms with Crippen molar-refractivity contribution in [3.63, 3.8) is 0 Å². The highest BCUT2D eigenvalue weighted by atomic mass is 35.5. The third-order valence-electron chi connectivity index (χ3n) is 7.15. The molecule has 3 aromatic rings. The number of carbonyl (C=O) groups is 3. The fourth-order valence-corrected chi connectivity index (χ4v) is 4.70. The quantitative estimate of drug-likeness (QED) is 0.387. The monoisotopic (exact) mass is 584 g/mol. The molecule has 0 spiro atoms. The molecule has 12 heteroatoms. The predicted octanol–water partition coefficient (Wildman–Crippen LogP) is 4.34. The fraction of sp³-hybridized carbons (Fsp3) is 0.379. The molecule has 1 aliphatic heterocycles. The van der Waals surface area contributed by atoms with Crippen LogP contribution in [0.1, 0.15) is 18.4 Å². The van der Waals surface area contributed by atoms with Gasteiger partial charge < -0.3 is 24.8 Å². The fourth-order valence-electron chi connectivity index (χ4n) is 4.50. The zero-order chi connectivity index (χ0) is 29.4. The standard InChI is InChI=1S/C29H34ClFN6O4/c1-35-12-14-37(15-13-35)26(38)11-10-23(36(2)28(39)33-18-22-8-5-9-24(31)27(22)30)19-41-29(40)34-25-16-20-6-3-4-7-21(20)17-32-25/h3-9,16-17,23H,10-15,18-19H2,1-2H3,(H,33,39)(H,32,34,40)/t23-/m0/s1. The van der Waals surface area contributed by atoms with Crippen molar-refractivity contribution in [1.82, 2.24) is 25.0 Å². The molecule has 0 saturated carbocycles. The lowest BCUT2D eigenvalue weighted by atomic mass is 10.1. The summed E-state index contributed by atoms with van der Waals surface area (Å²) in [6.07, 6.45) is 1.38. The molecular formula is C29H34ClFN6O4. The van der Waals surface area contributed by atoms with E-state index >= 15 is 0 Å². The Labute approximate surface area is 243 Å². The first kappa shape index (κ1) is 30.0. The predicted molar refractivity (Wildman–Crippen MR) is 155 cm³/mol. The van der Waals surface area contributed by atoms with Crippen LogP contribution in [0.5, 0.6) is 0 Å². The summed E-state index contributed by atoms with van der Waals surface area (Å²) in [6, 6.07) is 12.6. The zero-order valence-electron chi connectivity index (χ0n) is 23.1. The second-order valence-corrected chi connectivity index (χ2v) is 10.4. The first-order chi connectivity index (χ1) is 19.7. The molecule has 0 bridgehead atoms. The second-order valence-electron chi connectivity index (χ2n) is 10.00. The van der Waals surface area contributed by atoms with E-state index < -0.39 is 24.0 Å². The van der Waals surface area contributed by atoms with Crippen LogP contribution in [0.4, 0.5) is 19.8 Å². The number of halogens is 2. The number of aromatic nitrogens is 1. The molecule has 1 aromatic heterocycles. The molecule has 0 radical (unpaired) electrons. The lowest BCUT2D eigenvalue weighted by molar-refractivity contribution is -0.133. The third-order valence-corrected chi connectivity index (χ3v) is 7.57. The van der Waals surface area contributed by atoms with E-state index in [9.17, 15) is 18.8 Å². The van der Waals surface area contributed by atoms with Crippen LogP contribution >= 0.6 is 11.6 Å². The zero-order valence-corrected chi connectivity index (χ0v) is 23.9. The first-order valence-corrected chi connectivity index (χ1v) is 13.8. The number of nitrogens with one attached hydrogen (secondary N) is 2. The van der Waals surface area contributed by atoms with Gasteiger partial charge in [0.2, 0.25) is 5.91 Å². The van der Waals surface area contributed by atoms with Crippen molar-refractivity contribution in [2.24, 2.45) is 0 Å². The minimum Gasteiger partial charge on any atom is -0.447 e. The van der Waals surface area contributed by atoms with Crippen LogP contribution in [-0.4, -0.2) is 90.6 Å². The van der Waals surface area contributed by atoms with E-state index in [1.807, 2.05) is 36.2 Å². The SMILES string of the molecule is CN1CCN(C(=O)CC[C@@H](COC(=O)Nc2cc3ccccc3cn2)N(C)C(=O)NCc2cccc(F)c2Cl)CC1. The Morgan fingerprint density at radius 1 is 1.10 bits per heavy atom. The van der Waals surface area contributed by atoms with Crippen LogP contribution in [0.25, 0.3) is 10.8 Å². The van der Waals surface area contributed by atoms with Crippen molar-refractivity contribution in [1.29, 1.82) is 0 Å². The summed E-state index contributed by atoms with van der Waals surface area (Å²) in [5.74, 6) is -0.269. The number of carbonyl (C=O) groups excluding carboxylic acids is 3. The molecule has 1 saturated heterocycles. The summed E-state index contributed by atoms with van der Waals surface area (Å²) < 4.78 is 19.3. The molecule has 2 N–H and O–H groups in total. The van der Waals surface area contributed by atoms with Crippen molar-refractivity contribution >= 4 is 46.2 Å². The summed E-state index contributed by atoms with van der Waals surface area (Å²) in [5, 5.41) is 7.11. The normalized spacial score (nSPS) is 14.4. The van der Waals surface area contributed by atoms with E-state index in [1.54, 1.807) is 25.4 Å². The van der Waals surface area contributed by atoms with Crippen LogP contribution in [0.15, 0.2) is 54.7 Å². The molecule has 1 atom stereocenters. The van der Waals surface area contributed by atoms with Crippen molar-refractivity contribution in [2.45, 2.75) is 25.4 Å². The average molecular weight is 585 g/mol. The van der Waals surface area contributed by atoms with Crippen molar-refractivity contribution in [3.8, 4) is 0 Å². The highest BCUT2D eigenvalue weighted by Gasteiger charge is 2.25. The Hall–Kier alpha value is -3.96. The van der Waals surface area contributed by atoms with Gasteiger partial charge in [-0.3, -0.25) is 10.1 Å². The van der Waals surface area contributed by atoms with Crippen LogP contribution in [-0.2, 0) is 16.1 Å². The smallest absolute Gasteiger partial charge is 0.412 e. The molecule has 2 heterocycles. The number of nitrogens with zero attached hydrogens (tertiary/aromatic N) is 4. The molecule has 10 nitrogen and oxygen atoms in total. The number of anilines is 1. The van der Waals surface area contributed by atoms with E-state index in [-0.39, 0.29) is 36.9 Å². The van der Waals surface area contributed by atoms with E-state index in [2.05, 4.69) is 20.5 Å². The topological polar surface area (TPSA) is 107 Å². The molecule has 0 aliphatic carbocycles. The lowest BCUT2D eigenvalue weighted by Crippen LogP contribution is -2.48. The van der Waals surface area contributed by atoms with Gasteiger partial charge in [0.05, 0.1) is 11.1 Å². The van der Waals surface area contributed by atoms with Gasteiger partial charge >= 0.3 is 12.1 Å². The van der Waals surface area contributed by atoms with Crippen LogP contribution in [0.2, 0.25) is 5.02 Å². The lowest BCUT2D eigenvalue weighted by Gasteiger charge is -2.33. The number of likely N-dealkylation sites (N-methyl/N-ethyl adjacent to an activating group) is 2. The molecule has 4 amide bonds. The largest absolute Gasteiger partial charge is 0.447 e. The molecule has 41 heavy (non-hydrogen) atoms. The van der Waals surface area contributed by atoms with Gasteiger partial charge in [0.1, 0.15) is 18.2 Å². The molecular weight excluding hydrogens is 551 g/mol. The molecule has 0 unspecified atom stereocenters. The van der Waals surface area contributed by atoms with Gasteiger partial charge in [0.15, 0.2) is 0 Å². The van der Waals surface area contributed by atoms with Crippen LogP contribution in [0.3, 0.4) is 0 Å². The Balaban J connectivity index is 1.37. The maximum Gasteiger partial charge on any atom is 0.412 e. The summed E-state index contributed by atoms with van der Waals surface area (Å²) >= 11 is 6.01. The number of ether oxygens (including phenoxy) is 1. The molecule has 1 aliphatic rings. The Morgan fingerprint density at radius 2 is 1.83 bits per heavy atom.